The van der Waals surface area contributed by atoms with Crippen molar-refractivity contribution in [1.29, 1.82) is 0 Å². The molecule has 4 atom stereocenters. The predicted molar refractivity (Wildman–Crippen MR) is 76.7 cm³/mol. The van der Waals surface area contributed by atoms with E-state index in [2.05, 4.69) is 0 Å². The highest BCUT2D eigenvalue weighted by atomic mass is 16.1. The lowest BCUT2D eigenvalue weighted by molar-refractivity contribution is -0.128. The molecule has 1 nitrogen and oxygen atoms in total. The van der Waals surface area contributed by atoms with Crippen molar-refractivity contribution in [2.75, 3.05) is 0 Å². The summed E-state index contributed by atoms with van der Waals surface area (Å²) in [6.07, 6.45) is 15.1. The number of hydrogen-bond donors (Lipinski definition) is 0. The van der Waals surface area contributed by atoms with Crippen LogP contribution >= 0.6 is 0 Å². The van der Waals surface area contributed by atoms with Gasteiger partial charge in [0.25, 0.3) is 0 Å². The molecule has 19 heavy (non-hydrogen) atoms. The topological polar surface area (TPSA) is 17.1 Å². The fraction of sp³-hybridized carbons (Fsp3) is 0.944. The fourth-order valence-electron chi connectivity index (χ4n) is 6.42. The molecule has 4 bridgehead atoms. The van der Waals surface area contributed by atoms with Gasteiger partial charge < -0.3 is 0 Å². The van der Waals surface area contributed by atoms with E-state index in [9.17, 15) is 4.79 Å². The molecule has 0 radical (unpaired) electrons. The van der Waals surface area contributed by atoms with Gasteiger partial charge in [-0.05, 0) is 67.6 Å². The largest absolute Gasteiger partial charge is 0.300 e. The summed E-state index contributed by atoms with van der Waals surface area (Å²) in [5.41, 5.74) is 0. The van der Waals surface area contributed by atoms with E-state index in [4.69, 9.17) is 0 Å². The first-order valence-corrected chi connectivity index (χ1v) is 8.81. The molecule has 4 rings (SSSR count). The van der Waals surface area contributed by atoms with Crippen LogP contribution in [0, 0.1) is 35.5 Å². The summed E-state index contributed by atoms with van der Waals surface area (Å²) in [5, 5.41) is 0. The predicted octanol–water partition coefficient (Wildman–Crippen LogP) is 4.60. The molecular formula is C18H28O. The van der Waals surface area contributed by atoms with Crippen LogP contribution in [0.5, 0.6) is 0 Å². The average Bonchev–Trinajstić information content (AvgIpc) is 2.37. The van der Waals surface area contributed by atoms with Crippen LogP contribution < -0.4 is 0 Å². The average molecular weight is 260 g/mol. The Morgan fingerprint density at radius 2 is 1.26 bits per heavy atom. The number of Topliss-reactive ketones (excluding diaryl/α,β-unsaturated/α-hetero) is 1. The minimum Gasteiger partial charge on any atom is -0.300 e. The standard InChI is InChI=1S/C18H28O/c19-17-10-14-5-2-6-15(11-17)18(14)16-8-12-3-1-4-13(7-12)9-16/h12-16,18H,1-11H2. The third kappa shape index (κ3) is 2.28. The molecule has 4 aliphatic rings. The van der Waals surface area contributed by atoms with Crippen LogP contribution in [0.3, 0.4) is 0 Å². The first-order valence-electron chi connectivity index (χ1n) is 8.81. The normalized spacial score (nSPS) is 50.0. The van der Waals surface area contributed by atoms with Crippen molar-refractivity contribution < 1.29 is 4.79 Å². The molecule has 0 N–H and O–H groups in total. The minimum atomic E-state index is 0.585. The summed E-state index contributed by atoms with van der Waals surface area (Å²) in [6, 6.07) is 0. The van der Waals surface area contributed by atoms with Crippen LogP contribution in [0.4, 0.5) is 0 Å². The summed E-state index contributed by atoms with van der Waals surface area (Å²) in [7, 11) is 0. The number of ketones is 1. The van der Waals surface area contributed by atoms with Gasteiger partial charge in [0.1, 0.15) is 5.78 Å². The number of rotatable bonds is 1. The Balaban J connectivity index is 1.53. The van der Waals surface area contributed by atoms with Crippen molar-refractivity contribution in [3.8, 4) is 0 Å². The van der Waals surface area contributed by atoms with Gasteiger partial charge in [-0.1, -0.05) is 25.7 Å². The van der Waals surface area contributed by atoms with E-state index in [1.54, 1.807) is 0 Å². The number of fused-ring (bicyclic) bond motifs is 4. The van der Waals surface area contributed by atoms with Gasteiger partial charge in [-0.15, -0.1) is 0 Å². The van der Waals surface area contributed by atoms with Gasteiger partial charge in [0.05, 0.1) is 0 Å². The maximum Gasteiger partial charge on any atom is 0.133 e. The highest BCUT2D eigenvalue weighted by molar-refractivity contribution is 5.80. The van der Waals surface area contributed by atoms with Crippen LogP contribution in [0.25, 0.3) is 0 Å². The van der Waals surface area contributed by atoms with Crippen LogP contribution in [-0.4, -0.2) is 5.78 Å². The Labute approximate surface area is 117 Å². The first kappa shape index (κ1) is 12.4. The summed E-state index contributed by atoms with van der Waals surface area (Å²) in [4.78, 5) is 11.9. The van der Waals surface area contributed by atoms with Crippen molar-refractivity contribution in [3.63, 3.8) is 0 Å². The maximum atomic E-state index is 11.9. The highest BCUT2D eigenvalue weighted by Gasteiger charge is 2.46. The Kier molecular flexibility index (Phi) is 3.20. The fourth-order valence-corrected chi connectivity index (χ4v) is 6.42. The SMILES string of the molecule is O=C1CC2CCCC(C1)C2C1CC2CCCC(C2)C1. The zero-order chi connectivity index (χ0) is 12.8. The Morgan fingerprint density at radius 1 is 0.684 bits per heavy atom. The van der Waals surface area contributed by atoms with Crippen LogP contribution in [0.1, 0.15) is 70.6 Å². The van der Waals surface area contributed by atoms with E-state index < -0.39 is 0 Å². The molecule has 0 aromatic heterocycles. The van der Waals surface area contributed by atoms with E-state index in [0.717, 1.165) is 48.3 Å². The molecule has 0 heterocycles. The Morgan fingerprint density at radius 3 is 1.89 bits per heavy atom. The molecule has 0 saturated heterocycles. The quantitative estimate of drug-likeness (QED) is 0.673. The van der Waals surface area contributed by atoms with E-state index in [1.807, 2.05) is 0 Å². The summed E-state index contributed by atoms with van der Waals surface area (Å²) < 4.78 is 0. The second-order valence-electron chi connectivity index (χ2n) is 8.11. The van der Waals surface area contributed by atoms with Crippen LogP contribution in [0.15, 0.2) is 0 Å². The lowest BCUT2D eigenvalue weighted by Crippen LogP contribution is -2.43. The van der Waals surface area contributed by atoms with Gasteiger partial charge in [-0.25, -0.2) is 0 Å². The molecule has 0 amide bonds. The van der Waals surface area contributed by atoms with Gasteiger partial charge in [-0.2, -0.15) is 0 Å². The van der Waals surface area contributed by atoms with Crippen LogP contribution in [0.2, 0.25) is 0 Å². The number of hydrogen-bond acceptors (Lipinski definition) is 1. The van der Waals surface area contributed by atoms with E-state index >= 15 is 0 Å². The molecule has 0 aromatic rings. The highest BCUT2D eigenvalue weighted by Crippen LogP contribution is 2.53. The second kappa shape index (κ2) is 4.90. The van der Waals surface area contributed by atoms with Crippen molar-refractivity contribution in [3.05, 3.63) is 0 Å². The van der Waals surface area contributed by atoms with Gasteiger partial charge in [0.2, 0.25) is 0 Å². The van der Waals surface area contributed by atoms with E-state index in [-0.39, 0.29) is 0 Å². The van der Waals surface area contributed by atoms with Crippen molar-refractivity contribution in [2.45, 2.75) is 70.6 Å². The minimum absolute atomic E-state index is 0.585. The molecule has 106 valence electrons. The van der Waals surface area contributed by atoms with E-state index in [0.29, 0.717) is 5.78 Å². The second-order valence-corrected chi connectivity index (χ2v) is 8.11. The number of carbonyl (C=O) groups is 1. The lowest BCUT2D eigenvalue weighted by Gasteiger charge is -2.50. The monoisotopic (exact) mass is 260 g/mol. The number of carbonyl (C=O) groups excluding carboxylic acids is 1. The lowest BCUT2D eigenvalue weighted by atomic mass is 9.54. The molecule has 4 fully saturated rings. The molecule has 0 aromatic carbocycles. The third-order valence-electron chi connectivity index (χ3n) is 6.93. The molecule has 4 unspecified atom stereocenters. The molecule has 1 heteroatoms. The molecule has 4 aliphatic carbocycles. The summed E-state index contributed by atoms with van der Waals surface area (Å²) >= 11 is 0. The molecule has 0 aliphatic heterocycles. The van der Waals surface area contributed by atoms with Crippen molar-refractivity contribution >= 4 is 5.78 Å². The smallest absolute Gasteiger partial charge is 0.133 e. The molecule has 4 saturated carbocycles. The third-order valence-corrected chi connectivity index (χ3v) is 6.93. The molecule has 0 spiro atoms. The zero-order valence-electron chi connectivity index (χ0n) is 12.2. The van der Waals surface area contributed by atoms with Crippen LogP contribution in [-0.2, 0) is 4.79 Å². The zero-order valence-corrected chi connectivity index (χ0v) is 12.2. The molecular weight excluding hydrogens is 232 g/mol. The maximum absolute atomic E-state index is 11.9. The summed E-state index contributed by atoms with van der Waals surface area (Å²) in [5.74, 6) is 6.18. The first-order chi connectivity index (χ1) is 9.29. The van der Waals surface area contributed by atoms with Gasteiger partial charge >= 0.3 is 0 Å². The Bertz CT molecular complexity index is 333. The van der Waals surface area contributed by atoms with Crippen molar-refractivity contribution in [1.82, 2.24) is 0 Å². The Hall–Kier alpha value is -0.330. The summed E-state index contributed by atoms with van der Waals surface area (Å²) in [6.45, 7) is 0. The van der Waals surface area contributed by atoms with Gasteiger partial charge in [0.15, 0.2) is 0 Å². The van der Waals surface area contributed by atoms with E-state index in [1.165, 1.54) is 57.8 Å². The van der Waals surface area contributed by atoms with Gasteiger partial charge in [0, 0.05) is 12.8 Å². The van der Waals surface area contributed by atoms with Crippen molar-refractivity contribution in [2.24, 2.45) is 35.5 Å². The van der Waals surface area contributed by atoms with Gasteiger partial charge in [-0.3, -0.25) is 4.79 Å².